The molecule has 110 valence electrons. The number of carbonyl (C=O) groups is 1. The Hall–Kier alpha value is -1.84. The SMILES string of the molecule is Cc1cccc(Cl)c1NC(=O)C(N)CCc1ccccc1. The molecule has 0 aromatic heterocycles. The molecule has 1 unspecified atom stereocenters. The predicted octanol–water partition coefficient (Wildman–Crippen LogP) is 3.55. The number of rotatable bonds is 5. The number of nitrogens with two attached hydrogens (primary N) is 1. The molecule has 4 heteroatoms. The molecule has 3 N–H and O–H groups in total. The molecule has 1 amide bonds. The summed E-state index contributed by atoms with van der Waals surface area (Å²) in [6.45, 7) is 1.90. The summed E-state index contributed by atoms with van der Waals surface area (Å²) in [6, 6.07) is 14.9. The number of amides is 1. The van der Waals surface area contributed by atoms with Gasteiger partial charge in [0.1, 0.15) is 0 Å². The molecule has 3 nitrogen and oxygen atoms in total. The van der Waals surface area contributed by atoms with Crippen LogP contribution in [0.15, 0.2) is 48.5 Å². The molecule has 0 aliphatic carbocycles. The van der Waals surface area contributed by atoms with Crippen LogP contribution in [-0.2, 0) is 11.2 Å². The first-order valence-corrected chi connectivity index (χ1v) is 7.31. The van der Waals surface area contributed by atoms with E-state index in [1.54, 1.807) is 6.07 Å². The number of para-hydroxylation sites is 1. The van der Waals surface area contributed by atoms with Crippen LogP contribution in [0, 0.1) is 6.92 Å². The number of aryl methyl sites for hydroxylation is 2. The third-order valence-corrected chi connectivity index (χ3v) is 3.71. The molecule has 0 spiro atoms. The van der Waals surface area contributed by atoms with Crippen molar-refractivity contribution in [2.45, 2.75) is 25.8 Å². The molecule has 0 radical (unpaired) electrons. The number of halogens is 1. The summed E-state index contributed by atoms with van der Waals surface area (Å²) in [4.78, 5) is 12.1. The molecular formula is C17H19ClN2O. The van der Waals surface area contributed by atoms with Crippen LogP contribution in [0.2, 0.25) is 5.02 Å². The molecule has 21 heavy (non-hydrogen) atoms. The van der Waals surface area contributed by atoms with E-state index in [2.05, 4.69) is 5.32 Å². The van der Waals surface area contributed by atoms with E-state index in [1.165, 1.54) is 5.56 Å². The van der Waals surface area contributed by atoms with Crippen molar-refractivity contribution < 1.29 is 4.79 Å². The van der Waals surface area contributed by atoms with Gasteiger partial charge < -0.3 is 11.1 Å². The Morgan fingerprint density at radius 3 is 2.57 bits per heavy atom. The van der Waals surface area contributed by atoms with Gasteiger partial charge in [0.25, 0.3) is 0 Å². The summed E-state index contributed by atoms with van der Waals surface area (Å²) in [6.07, 6.45) is 1.37. The molecule has 0 bridgehead atoms. The van der Waals surface area contributed by atoms with Crippen LogP contribution in [0.3, 0.4) is 0 Å². The van der Waals surface area contributed by atoms with Crippen LogP contribution in [0.5, 0.6) is 0 Å². The van der Waals surface area contributed by atoms with Gasteiger partial charge in [0.05, 0.1) is 16.8 Å². The van der Waals surface area contributed by atoms with Gasteiger partial charge >= 0.3 is 0 Å². The van der Waals surface area contributed by atoms with E-state index in [9.17, 15) is 4.79 Å². The first-order valence-electron chi connectivity index (χ1n) is 6.93. The van der Waals surface area contributed by atoms with Gasteiger partial charge in [0.15, 0.2) is 0 Å². The Morgan fingerprint density at radius 1 is 1.19 bits per heavy atom. The molecule has 1 atom stereocenters. The van der Waals surface area contributed by atoms with E-state index >= 15 is 0 Å². The highest BCUT2D eigenvalue weighted by atomic mass is 35.5. The Labute approximate surface area is 130 Å². The number of nitrogens with one attached hydrogen (secondary N) is 1. The van der Waals surface area contributed by atoms with E-state index in [1.807, 2.05) is 49.4 Å². The Balaban J connectivity index is 1.94. The quantitative estimate of drug-likeness (QED) is 0.887. The van der Waals surface area contributed by atoms with Gasteiger partial charge in [-0.25, -0.2) is 0 Å². The highest BCUT2D eigenvalue weighted by Gasteiger charge is 2.15. The van der Waals surface area contributed by atoms with Crippen LogP contribution in [-0.4, -0.2) is 11.9 Å². The molecule has 0 saturated heterocycles. The molecule has 2 rings (SSSR count). The van der Waals surface area contributed by atoms with Gasteiger partial charge in [-0.2, -0.15) is 0 Å². The topological polar surface area (TPSA) is 55.1 Å². The van der Waals surface area contributed by atoms with E-state index in [-0.39, 0.29) is 5.91 Å². The zero-order valence-electron chi connectivity index (χ0n) is 12.0. The monoisotopic (exact) mass is 302 g/mol. The smallest absolute Gasteiger partial charge is 0.241 e. The van der Waals surface area contributed by atoms with Crippen molar-refractivity contribution in [1.82, 2.24) is 0 Å². The number of carbonyl (C=O) groups excluding carboxylic acids is 1. The fourth-order valence-electron chi connectivity index (χ4n) is 2.10. The first-order chi connectivity index (χ1) is 10.1. The van der Waals surface area contributed by atoms with E-state index in [0.717, 1.165) is 12.0 Å². The minimum absolute atomic E-state index is 0.206. The van der Waals surface area contributed by atoms with Crippen LogP contribution >= 0.6 is 11.6 Å². The fraction of sp³-hybridized carbons (Fsp3) is 0.235. The van der Waals surface area contributed by atoms with Crippen LogP contribution < -0.4 is 11.1 Å². The first kappa shape index (κ1) is 15.5. The maximum absolute atomic E-state index is 12.1. The minimum Gasteiger partial charge on any atom is -0.323 e. The lowest BCUT2D eigenvalue weighted by Crippen LogP contribution is -2.36. The van der Waals surface area contributed by atoms with E-state index in [0.29, 0.717) is 17.1 Å². The van der Waals surface area contributed by atoms with Crippen LogP contribution in [0.25, 0.3) is 0 Å². The Kier molecular flexibility index (Phi) is 5.37. The number of anilines is 1. The van der Waals surface area contributed by atoms with Crippen LogP contribution in [0.1, 0.15) is 17.5 Å². The fourth-order valence-corrected chi connectivity index (χ4v) is 2.37. The van der Waals surface area contributed by atoms with Gasteiger partial charge in [-0.05, 0) is 37.0 Å². The minimum atomic E-state index is -0.555. The number of hydrogen-bond acceptors (Lipinski definition) is 2. The second-order valence-electron chi connectivity index (χ2n) is 5.05. The van der Waals surface area contributed by atoms with E-state index < -0.39 is 6.04 Å². The van der Waals surface area contributed by atoms with Crippen LogP contribution in [0.4, 0.5) is 5.69 Å². The zero-order valence-corrected chi connectivity index (χ0v) is 12.7. The van der Waals surface area contributed by atoms with Gasteiger partial charge in [0.2, 0.25) is 5.91 Å². The average molecular weight is 303 g/mol. The summed E-state index contributed by atoms with van der Waals surface area (Å²) in [7, 11) is 0. The largest absolute Gasteiger partial charge is 0.323 e. The zero-order chi connectivity index (χ0) is 15.2. The van der Waals surface area contributed by atoms with Gasteiger partial charge in [0, 0.05) is 0 Å². The highest BCUT2D eigenvalue weighted by Crippen LogP contribution is 2.25. The molecule has 2 aromatic carbocycles. The third-order valence-electron chi connectivity index (χ3n) is 3.39. The normalized spacial score (nSPS) is 12.0. The maximum Gasteiger partial charge on any atom is 0.241 e. The molecular weight excluding hydrogens is 284 g/mol. The number of hydrogen-bond donors (Lipinski definition) is 2. The lowest BCUT2D eigenvalue weighted by Gasteiger charge is -2.14. The molecule has 0 aliphatic heterocycles. The summed E-state index contributed by atoms with van der Waals surface area (Å²) >= 11 is 6.10. The van der Waals surface area contributed by atoms with Crippen molar-refractivity contribution in [1.29, 1.82) is 0 Å². The molecule has 0 saturated carbocycles. The second kappa shape index (κ2) is 7.25. The second-order valence-corrected chi connectivity index (χ2v) is 5.46. The van der Waals surface area contributed by atoms with Crippen molar-refractivity contribution in [3.8, 4) is 0 Å². The third kappa shape index (κ3) is 4.31. The van der Waals surface area contributed by atoms with Gasteiger partial charge in [-0.1, -0.05) is 54.1 Å². The van der Waals surface area contributed by atoms with Crippen molar-refractivity contribution in [2.75, 3.05) is 5.32 Å². The average Bonchev–Trinajstić information content (AvgIpc) is 2.49. The lowest BCUT2D eigenvalue weighted by molar-refractivity contribution is -0.117. The standard InChI is InChI=1S/C17H19ClN2O/c1-12-6-5-9-14(18)16(12)20-17(21)15(19)11-10-13-7-3-2-4-8-13/h2-9,15H,10-11,19H2,1H3,(H,20,21). The highest BCUT2D eigenvalue weighted by molar-refractivity contribution is 6.34. The summed E-state index contributed by atoms with van der Waals surface area (Å²) in [5, 5.41) is 3.35. The van der Waals surface area contributed by atoms with Gasteiger partial charge in [-0.3, -0.25) is 4.79 Å². The predicted molar refractivity (Wildman–Crippen MR) is 87.6 cm³/mol. The summed E-state index contributed by atoms with van der Waals surface area (Å²) in [5.41, 5.74) is 8.69. The van der Waals surface area contributed by atoms with E-state index in [4.69, 9.17) is 17.3 Å². The number of benzene rings is 2. The maximum atomic E-state index is 12.1. The van der Waals surface area contributed by atoms with Gasteiger partial charge in [-0.15, -0.1) is 0 Å². The molecule has 0 fully saturated rings. The summed E-state index contributed by atoms with van der Waals surface area (Å²) < 4.78 is 0. The van der Waals surface area contributed by atoms with Crippen molar-refractivity contribution >= 4 is 23.2 Å². The Bertz CT molecular complexity index is 593. The van der Waals surface area contributed by atoms with Crippen molar-refractivity contribution in [3.05, 3.63) is 64.7 Å². The molecule has 2 aromatic rings. The summed E-state index contributed by atoms with van der Waals surface area (Å²) in [5.74, 6) is -0.206. The molecule has 0 heterocycles. The van der Waals surface area contributed by atoms with Crippen molar-refractivity contribution in [2.24, 2.45) is 5.73 Å². The molecule has 0 aliphatic rings. The lowest BCUT2D eigenvalue weighted by atomic mass is 10.1. The Morgan fingerprint density at radius 2 is 1.90 bits per heavy atom. The van der Waals surface area contributed by atoms with Crippen molar-refractivity contribution in [3.63, 3.8) is 0 Å².